The number of hydrogen-bond acceptors (Lipinski definition) is 3. The maximum absolute atomic E-state index is 12.9. The molecule has 2 aliphatic heterocycles. The van der Waals surface area contributed by atoms with Gasteiger partial charge in [0.15, 0.2) is 5.78 Å². The predicted molar refractivity (Wildman–Crippen MR) is 76.4 cm³/mol. The Labute approximate surface area is 123 Å². The van der Waals surface area contributed by atoms with Crippen LogP contribution >= 0.6 is 0 Å². The van der Waals surface area contributed by atoms with Crippen molar-refractivity contribution in [2.24, 2.45) is 11.8 Å². The van der Waals surface area contributed by atoms with Crippen molar-refractivity contribution in [2.75, 3.05) is 26.2 Å². The number of carbonyl (C=O) groups excluding carboxylic acids is 2. The summed E-state index contributed by atoms with van der Waals surface area (Å²) >= 11 is 0. The van der Waals surface area contributed by atoms with Crippen molar-refractivity contribution in [1.82, 2.24) is 10.2 Å². The van der Waals surface area contributed by atoms with Gasteiger partial charge in [-0.3, -0.25) is 9.59 Å². The lowest BCUT2D eigenvalue weighted by molar-refractivity contribution is -0.138. The van der Waals surface area contributed by atoms with Crippen LogP contribution in [0.4, 0.5) is 4.39 Å². The van der Waals surface area contributed by atoms with E-state index in [-0.39, 0.29) is 29.3 Å². The minimum absolute atomic E-state index is 0.0132. The van der Waals surface area contributed by atoms with Crippen LogP contribution in [0.2, 0.25) is 0 Å². The molecular weight excluding hydrogens is 271 g/mol. The van der Waals surface area contributed by atoms with E-state index in [9.17, 15) is 14.0 Å². The first-order chi connectivity index (χ1) is 10.1. The monoisotopic (exact) mass is 290 g/mol. The fourth-order valence-electron chi connectivity index (χ4n) is 2.96. The molecule has 0 aromatic heterocycles. The van der Waals surface area contributed by atoms with Crippen LogP contribution in [0.15, 0.2) is 24.3 Å². The number of nitrogens with one attached hydrogen (secondary N) is 1. The zero-order valence-corrected chi connectivity index (χ0v) is 11.8. The molecule has 1 aromatic carbocycles. The van der Waals surface area contributed by atoms with Crippen molar-refractivity contribution < 1.29 is 14.0 Å². The van der Waals surface area contributed by atoms with Crippen LogP contribution in [0.5, 0.6) is 0 Å². The quantitative estimate of drug-likeness (QED) is 0.858. The fraction of sp³-hybridized carbons (Fsp3) is 0.500. The number of rotatable bonds is 3. The molecule has 0 saturated carbocycles. The van der Waals surface area contributed by atoms with Crippen molar-refractivity contribution in [3.63, 3.8) is 0 Å². The topological polar surface area (TPSA) is 49.4 Å². The van der Waals surface area contributed by atoms with E-state index in [0.717, 1.165) is 32.5 Å². The third-order valence-corrected chi connectivity index (χ3v) is 4.36. The second-order valence-corrected chi connectivity index (χ2v) is 5.85. The van der Waals surface area contributed by atoms with Crippen LogP contribution in [0.3, 0.4) is 0 Å². The normalized spacial score (nSPS) is 22.7. The van der Waals surface area contributed by atoms with Gasteiger partial charge in [-0.2, -0.15) is 0 Å². The molecule has 21 heavy (non-hydrogen) atoms. The molecule has 0 bridgehead atoms. The van der Waals surface area contributed by atoms with Crippen LogP contribution in [0.25, 0.3) is 0 Å². The lowest BCUT2D eigenvalue weighted by Gasteiger charge is -2.37. The summed E-state index contributed by atoms with van der Waals surface area (Å²) in [7, 11) is 0. The highest BCUT2D eigenvalue weighted by Gasteiger charge is 2.34. The highest BCUT2D eigenvalue weighted by atomic mass is 19.1. The molecule has 1 unspecified atom stereocenters. The van der Waals surface area contributed by atoms with Crippen LogP contribution in [0, 0.1) is 17.7 Å². The Bertz CT molecular complexity index is 540. The minimum atomic E-state index is -0.343. The van der Waals surface area contributed by atoms with Crippen LogP contribution in [-0.4, -0.2) is 42.8 Å². The number of hydrogen-bond donors (Lipinski definition) is 1. The molecule has 2 heterocycles. The van der Waals surface area contributed by atoms with Crippen LogP contribution < -0.4 is 5.32 Å². The maximum Gasteiger partial charge on any atom is 0.228 e. The van der Waals surface area contributed by atoms with Gasteiger partial charge in [0.25, 0.3) is 0 Å². The third kappa shape index (κ3) is 2.97. The average Bonchev–Trinajstić information content (AvgIpc) is 2.45. The Balaban J connectivity index is 1.66. The molecule has 0 radical (unpaired) electrons. The van der Waals surface area contributed by atoms with Gasteiger partial charge in [0, 0.05) is 37.7 Å². The molecule has 2 aliphatic rings. The number of ketones is 1. The lowest BCUT2D eigenvalue weighted by atomic mass is 9.89. The molecule has 112 valence electrons. The van der Waals surface area contributed by atoms with Crippen molar-refractivity contribution >= 4 is 11.7 Å². The number of carbonyl (C=O) groups is 2. The number of piperidine rings is 1. The smallest absolute Gasteiger partial charge is 0.228 e. The van der Waals surface area contributed by atoms with E-state index in [2.05, 4.69) is 5.32 Å². The summed E-state index contributed by atoms with van der Waals surface area (Å²) in [6.07, 6.45) is 1.65. The molecular formula is C16H19FN2O2. The second-order valence-electron chi connectivity index (χ2n) is 5.85. The van der Waals surface area contributed by atoms with Gasteiger partial charge in [0.2, 0.25) is 5.91 Å². The van der Waals surface area contributed by atoms with Gasteiger partial charge >= 0.3 is 0 Å². The van der Waals surface area contributed by atoms with E-state index in [1.165, 1.54) is 24.3 Å². The molecule has 5 heteroatoms. The SMILES string of the molecule is O=C(c1ccc(F)cc1)C1CCCN(C(=O)C2CNC2)C1. The largest absolute Gasteiger partial charge is 0.342 e. The average molecular weight is 290 g/mol. The molecule has 3 rings (SSSR count). The van der Waals surface area contributed by atoms with Crippen LogP contribution in [-0.2, 0) is 4.79 Å². The van der Waals surface area contributed by atoms with Crippen molar-refractivity contribution in [3.8, 4) is 0 Å². The van der Waals surface area contributed by atoms with Gasteiger partial charge < -0.3 is 10.2 Å². The van der Waals surface area contributed by atoms with Gasteiger partial charge in [-0.05, 0) is 37.1 Å². The molecule has 1 amide bonds. The second kappa shape index (κ2) is 5.93. The predicted octanol–water partition coefficient (Wildman–Crippen LogP) is 1.47. The Morgan fingerprint density at radius 3 is 2.48 bits per heavy atom. The van der Waals surface area contributed by atoms with Gasteiger partial charge in [-0.1, -0.05) is 0 Å². The number of nitrogens with zero attached hydrogens (tertiary/aromatic N) is 1. The molecule has 4 nitrogen and oxygen atoms in total. The molecule has 0 spiro atoms. The number of likely N-dealkylation sites (tertiary alicyclic amines) is 1. The molecule has 1 N–H and O–H groups in total. The first kappa shape index (κ1) is 14.2. The first-order valence-corrected chi connectivity index (χ1v) is 7.44. The maximum atomic E-state index is 12.9. The zero-order chi connectivity index (χ0) is 14.8. The highest BCUT2D eigenvalue weighted by molar-refractivity contribution is 5.98. The van der Waals surface area contributed by atoms with E-state index < -0.39 is 0 Å². The molecule has 2 fully saturated rings. The molecule has 0 aliphatic carbocycles. The number of halogens is 1. The van der Waals surface area contributed by atoms with E-state index in [0.29, 0.717) is 12.1 Å². The number of benzene rings is 1. The van der Waals surface area contributed by atoms with Gasteiger partial charge in [-0.25, -0.2) is 4.39 Å². The molecule has 1 atom stereocenters. The van der Waals surface area contributed by atoms with Crippen molar-refractivity contribution in [3.05, 3.63) is 35.6 Å². The summed E-state index contributed by atoms with van der Waals surface area (Å²) in [6.45, 7) is 2.71. The van der Waals surface area contributed by atoms with E-state index in [1.807, 2.05) is 4.90 Å². The zero-order valence-electron chi connectivity index (χ0n) is 11.8. The van der Waals surface area contributed by atoms with Crippen molar-refractivity contribution in [2.45, 2.75) is 12.8 Å². The third-order valence-electron chi connectivity index (χ3n) is 4.36. The number of Topliss-reactive ketones (excluding diaryl/α,β-unsaturated/α-hetero) is 1. The standard InChI is InChI=1S/C16H19FN2O2/c17-14-5-3-11(4-6-14)15(20)12-2-1-7-19(10-12)16(21)13-8-18-9-13/h3-6,12-13,18H,1-2,7-10H2. The summed E-state index contributed by atoms with van der Waals surface area (Å²) in [5, 5.41) is 3.10. The number of amides is 1. The highest BCUT2D eigenvalue weighted by Crippen LogP contribution is 2.23. The summed E-state index contributed by atoms with van der Waals surface area (Å²) in [4.78, 5) is 26.5. The Morgan fingerprint density at radius 1 is 1.14 bits per heavy atom. The van der Waals surface area contributed by atoms with Crippen LogP contribution in [0.1, 0.15) is 23.2 Å². The summed E-state index contributed by atoms with van der Waals surface area (Å²) in [5.74, 6) is -0.264. The lowest BCUT2D eigenvalue weighted by Crippen LogP contribution is -2.54. The van der Waals surface area contributed by atoms with Gasteiger partial charge in [-0.15, -0.1) is 0 Å². The van der Waals surface area contributed by atoms with Crippen molar-refractivity contribution in [1.29, 1.82) is 0 Å². The van der Waals surface area contributed by atoms with Gasteiger partial charge in [0.1, 0.15) is 5.82 Å². The van der Waals surface area contributed by atoms with E-state index in [1.54, 1.807) is 0 Å². The fourth-order valence-corrected chi connectivity index (χ4v) is 2.96. The van der Waals surface area contributed by atoms with Gasteiger partial charge in [0.05, 0.1) is 5.92 Å². The van der Waals surface area contributed by atoms with E-state index in [4.69, 9.17) is 0 Å². The Hall–Kier alpha value is -1.75. The Kier molecular flexibility index (Phi) is 4.01. The summed E-state index contributed by atoms with van der Waals surface area (Å²) in [6, 6.07) is 5.65. The summed E-state index contributed by atoms with van der Waals surface area (Å²) in [5.41, 5.74) is 0.529. The molecule has 2 saturated heterocycles. The minimum Gasteiger partial charge on any atom is -0.342 e. The van der Waals surface area contributed by atoms with E-state index >= 15 is 0 Å². The Morgan fingerprint density at radius 2 is 1.86 bits per heavy atom. The first-order valence-electron chi connectivity index (χ1n) is 7.44. The summed E-state index contributed by atoms with van der Waals surface area (Å²) < 4.78 is 12.9. The molecule has 1 aromatic rings.